The van der Waals surface area contributed by atoms with E-state index in [2.05, 4.69) is 22.0 Å². The summed E-state index contributed by atoms with van der Waals surface area (Å²) in [6.07, 6.45) is -4.67. The average Bonchev–Trinajstić information content (AvgIpc) is 3.53. The number of nitrogens with zero attached hydrogens (tertiary/aromatic N) is 2. The third-order valence-corrected chi connectivity index (χ3v) is 6.73. The second kappa shape index (κ2) is 12.9. The van der Waals surface area contributed by atoms with Crippen LogP contribution in [-0.2, 0) is 19.1 Å². The number of rotatable bonds is 5. The summed E-state index contributed by atoms with van der Waals surface area (Å²) < 4.78 is 37.4. The summed E-state index contributed by atoms with van der Waals surface area (Å²) in [5.41, 5.74) is 1.21. The zero-order chi connectivity index (χ0) is 28.7. The number of benzene rings is 1. The second-order valence-corrected chi connectivity index (χ2v) is 9.92. The molecule has 2 saturated heterocycles. The molecule has 39 heavy (non-hydrogen) atoms. The number of carbonyl (C=O) groups excluding carboxylic acids is 3. The number of hydrogen-bond donors (Lipinski definition) is 4. The summed E-state index contributed by atoms with van der Waals surface area (Å²) >= 11 is 7.07. The van der Waals surface area contributed by atoms with Gasteiger partial charge in [0, 0.05) is 24.8 Å². The number of carbonyl (C=O) groups is 4. The number of morpholine rings is 1. The topological polar surface area (TPSA) is 161 Å². The standard InChI is InChI=1S/C21H20ClN5O4S.C2HF3O2/c22-18-4-3-17(32-18)21(30)25-13-8-16(24-10-13)20(29)26-15-2-1-14(7-12(15)9-23)27-5-6-31-11-19(27)28;3-2(4,5)1(6)7/h1-4,7,13,16,24H,5-6,8,10-11H2,(H,25,30)(H,26,29);(H,6,7)/t13-,16?;/m0./s1. The highest BCUT2D eigenvalue weighted by Crippen LogP contribution is 2.25. The van der Waals surface area contributed by atoms with E-state index in [-0.39, 0.29) is 35.9 Å². The maximum absolute atomic E-state index is 12.7. The van der Waals surface area contributed by atoms with E-state index < -0.39 is 18.2 Å². The van der Waals surface area contributed by atoms with Gasteiger partial charge in [0.2, 0.25) is 5.91 Å². The van der Waals surface area contributed by atoms with Crippen LogP contribution in [0, 0.1) is 11.3 Å². The summed E-state index contributed by atoms with van der Waals surface area (Å²) in [5.74, 6) is -3.46. The molecule has 0 spiro atoms. The van der Waals surface area contributed by atoms with E-state index in [0.717, 1.165) is 0 Å². The predicted molar refractivity (Wildman–Crippen MR) is 134 cm³/mol. The van der Waals surface area contributed by atoms with Gasteiger partial charge in [-0.25, -0.2) is 4.79 Å². The Kier molecular flexibility index (Phi) is 9.86. The van der Waals surface area contributed by atoms with Crippen molar-refractivity contribution in [3.8, 4) is 6.07 Å². The first-order chi connectivity index (χ1) is 18.4. The van der Waals surface area contributed by atoms with Gasteiger partial charge in [0.25, 0.3) is 11.8 Å². The molecule has 11 nitrogen and oxygen atoms in total. The molecule has 2 atom stereocenters. The fraction of sp³-hybridized carbons (Fsp3) is 0.348. The second-order valence-electron chi connectivity index (χ2n) is 8.20. The van der Waals surface area contributed by atoms with Gasteiger partial charge < -0.3 is 30.7 Å². The third kappa shape index (κ3) is 8.14. The lowest BCUT2D eigenvalue weighted by molar-refractivity contribution is -0.192. The Hall–Kier alpha value is -3.71. The predicted octanol–water partition coefficient (Wildman–Crippen LogP) is 2.37. The van der Waals surface area contributed by atoms with Gasteiger partial charge in [0.15, 0.2) is 0 Å². The van der Waals surface area contributed by atoms with Crippen LogP contribution in [0.25, 0.3) is 0 Å². The highest BCUT2D eigenvalue weighted by molar-refractivity contribution is 7.18. The van der Waals surface area contributed by atoms with Crippen molar-refractivity contribution in [3.05, 3.63) is 45.1 Å². The largest absolute Gasteiger partial charge is 0.490 e. The number of ether oxygens (including phenoxy) is 1. The molecule has 2 fully saturated rings. The minimum absolute atomic E-state index is 0.00491. The Labute approximate surface area is 228 Å². The molecule has 0 aliphatic carbocycles. The highest BCUT2D eigenvalue weighted by atomic mass is 35.5. The molecule has 0 bridgehead atoms. The number of aliphatic carboxylic acids is 1. The van der Waals surface area contributed by atoms with Gasteiger partial charge in [0.1, 0.15) is 12.7 Å². The number of halogens is 4. The van der Waals surface area contributed by atoms with Gasteiger partial charge >= 0.3 is 12.1 Å². The number of nitrogens with one attached hydrogen (secondary N) is 3. The van der Waals surface area contributed by atoms with Gasteiger partial charge in [-0.2, -0.15) is 18.4 Å². The van der Waals surface area contributed by atoms with Gasteiger partial charge in [0.05, 0.1) is 33.1 Å². The van der Waals surface area contributed by atoms with Crippen LogP contribution in [0.3, 0.4) is 0 Å². The van der Waals surface area contributed by atoms with Crippen molar-refractivity contribution >= 4 is 58.0 Å². The number of thiophene rings is 1. The quantitative estimate of drug-likeness (QED) is 0.415. The van der Waals surface area contributed by atoms with E-state index in [4.69, 9.17) is 26.2 Å². The fourth-order valence-electron chi connectivity index (χ4n) is 3.65. The average molecular weight is 588 g/mol. The molecule has 3 amide bonds. The number of alkyl halides is 3. The number of carboxylic acids is 1. The Morgan fingerprint density at radius 1 is 1.26 bits per heavy atom. The van der Waals surface area contributed by atoms with Gasteiger partial charge in [-0.15, -0.1) is 11.3 Å². The molecule has 16 heteroatoms. The lowest BCUT2D eigenvalue weighted by Gasteiger charge is -2.27. The number of hydrogen-bond acceptors (Lipinski definition) is 8. The molecule has 4 rings (SSSR count). The minimum atomic E-state index is -5.08. The SMILES string of the molecule is N#Cc1cc(N2CCOCC2=O)ccc1NC(=O)C1C[C@H](NC(=O)c2ccc(Cl)s2)CN1.O=C(O)C(F)(F)F. The fourth-order valence-corrected chi connectivity index (χ4v) is 4.60. The Morgan fingerprint density at radius 2 is 1.97 bits per heavy atom. The first kappa shape index (κ1) is 29.8. The Balaban J connectivity index is 0.000000532. The van der Waals surface area contributed by atoms with E-state index in [1.807, 2.05) is 0 Å². The first-order valence-electron chi connectivity index (χ1n) is 11.2. The molecule has 4 N–H and O–H groups in total. The van der Waals surface area contributed by atoms with Crippen molar-refractivity contribution in [1.29, 1.82) is 5.26 Å². The minimum Gasteiger partial charge on any atom is -0.475 e. The molecule has 0 saturated carbocycles. The smallest absolute Gasteiger partial charge is 0.475 e. The summed E-state index contributed by atoms with van der Waals surface area (Å²) in [6, 6.07) is 9.56. The highest BCUT2D eigenvalue weighted by Gasteiger charge is 2.38. The molecule has 2 aliphatic heterocycles. The third-order valence-electron chi connectivity index (χ3n) is 5.50. The zero-order valence-electron chi connectivity index (χ0n) is 19.9. The van der Waals surface area contributed by atoms with E-state index in [9.17, 15) is 32.8 Å². The molecule has 1 aromatic heterocycles. The molecular weight excluding hydrogens is 567 g/mol. The number of nitriles is 1. The Morgan fingerprint density at radius 3 is 2.56 bits per heavy atom. The first-order valence-corrected chi connectivity index (χ1v) is 12.4. The maximum Gasteiger partial charge on any atom is 0.490 e. The van der Waals surface area contributed by atoms with Crippen LogP contribution in [0.1, 0.15) is 21.7 Å². The summed E-state index contributed by atoms with van der Waals surface area (Å²) in [7, 11) is 0. The number of anilines is 2. The van der Waals surface area contributed by atoms with Crippen molar-refractivity contribution in [2.45, 2.75) is 24.7 Å². The van der Waals surface area contributed by atoms with Crippen LogP contribution in [-0.4, -0.2) is 73.4 Å². The molecule has 2 aliphatic rings. The van der Waals surface area contributed by atoms with Crippen molar-refractivity contribution < 1.29 is 42.2 Å². The normalized spacial score (nSPS) is 18.9. The van der Waals surface area contributed by atoms with Gasteiger partial charge in [-0.1, -0.05) is 11.6 Å². The van der Waals surface area contributed by atoms with Gasteiger partial charge in [-0.05, 0) is 36.8 Å². The van der Waals surface area contributed by atoms with Crippen LogP contribution >= 0.6 is 22.9 Å². The van der Waals surface area contributed by atoms with Crippen molar-refractivity contribution in [3.63, 3.8) is 0 Å². The van der Waals surface area contributed by atoms with E-state index in [1.54, 1.807) is 35.2 Å². The zero-order valence-corrected chi connectivity index (χ0v) is 21.5. The maximum atomic E-state index is 12.7. The lowest BCUT2D eigenvalue weighted by atomic mass is 10.1. The Bertz CT molecular complexity index is 1300. The van der Waals surface area contributed by atoms with Crippen LogP contribution in [0.5, 0.6) is 0 Å². The van der Waals surface area contributed by atoms with Crippen LogP contribution in [0.4, 0.5) is 24.5 Å². The summed E-state index contributed by atoms with van der Waals surface area (Å²) in [6.45, 7) is 1.29. The molecule has 0 radical (unpaired) electrons. The van der Waals surface area contributed by atoms with Crippen molar-refractivity contribution in [2.75, 3.05) is 36.5 Å². The van der Waals surface area contributed by atoms with Gasteiger partial charge in [-0.3, -0.25) is 14.4 Å². The van der Waals surface area contributed by atoms with Crippen LogP contribution in [0.15, 0.2) is 30.3 Å². The molecule has 1 unspecified atom stereocenters. The summed E-state index contributed by atoms with van der Waals surface area (Å²) in [5, 5.41) is 25.4. The molecule has 208 valence electrons. The summed E-state index contributed by atoms with van der Waals surface area (Å²) in [4.78, 5) is 48.0. The molecule has 3 heterocycles. The number of carboxylic acid groups (broad SMARTS) is 1. The van der Waals surface area contributed by atoms with Crippen LogP contribution in [0.2, 0.25) is 4.34 Å². The lowest BCUT2D eigenvalue weighted by Crippen LogP contribution is -2.41. The monoisotopic (exact) mass is 587 g/mol. The van der Waals surface area contributed by atoms with E-state index in [1.165, 1.54) is 11.3 Å². The van der Waals surface area contributed by atoms with Crippen LogP contribution < -0.4 is 20.9 Å². The van der Waals surface area contributed by atoms with E-state index >= 15 is 0 Å². The molecular formula is C23H21ClF3N5O6S. The van der Waals surface area contributed by atoms with Crippen molar-refractivity contribution in [2.24, 2.45) is 0 Å². The molecule has 1 aromatic carbocycles. The van der Waals surface area contributed by atoms with E-state index in [0.29, 0.717) is 46.7 Å². The van der Waals surface area contributed by atoms with Crippen molar-refractivity contribution in [1.82, 2.24) is 10.6 Å². The molecule has 2 aromatic rings. The number of amides is 3.